The van der Waals surface area contributed by atoms with Crippen molar-refractivity contribution in [3.05, 3.63) is 36.4 Å². The molecule has 1 aromatic rings. The summed E-state index contributed by atoms with van der Waals surface area (Å²) in [6.07, 6.45) is 0. The maximum absolute atomic E-state index is 8.46. The minimum absolute atomic E-state index is 0. The summed E-state index contributed by atoms with van der Waals surface area (Å²) in [6.45, 7) is 0. The summed E-state index contributed by atoms with van der Waals surface area (Å²) in [6, 6.07) is 12.5. The first-order chi connectivity index (χ1) is 4.41. The molecule has 0 radical (unpaired) electrons. The molecule has 1 N–H and O–H groups in total. The van der Waals surface area contributed by atoms with Crippen molar-refractivity contribution in [2.75, 3.05) is 0 Å². The van der Waals surface area contributed by atoms with Gasteiger partial charge in [0.25, 0.3) is 0 Å². The molecule has 0 amide bonds. The molecule has 0 saturated carbocycles. The van der Waals surface area contributed by atoms with Gasteiger partial charge < -0.3 is 4.89 Å². The fraction of sp³-hybridized carbons (Fsp3) is 0. The predicted molar refractivity (Wildman–Crippen MR) is 35.1 cm³/mol. The molecule has 0 fully saturated rings. The van der Waals surface area contributed by atoms with Crippen molar-refractivity contribution in [1.29, 1.82) is 0 Å². The molecule has 0 aliphatic carbocycles. The van der Waals surface area contributed by atoms with Gasteiger partial charge in [-0.25, -0.2) is 4.57 Å². The summed E-state index contributed by atoms with van der Waals surface area (Å²) in [4.78, 5) is 6.99. The van der Waals surface area contributed by atoms with E-state index in [2.05, 4.69) is 6.07 Å². The summed E-state index contributed by atoms with van der Waals surface area (Å²) >= 11 is 0. The second kappa shape index (κ2) is 11.7. The van der Waals surface area contributed by atoms with E-state index >= 15 is 0 Å². The van der Waals surface area contributed by atoms with Gasteiger partial charge in [0.1, 0.15) is 0 Å². The van der Waals surface area contributed by atoms with Crippen LogP contribution in [0.3, 0.4) is 0 Å². The molecule has 0 saturated heterocycles. The Morgan fingerprint density at radius 2 is 1.60 bits per heavy atom. The van der Waals surface area contributed by atoms with E-state index in [0.717, 1.165) is 0 Å². The average Bonchev–Trinajstić information content (AvgIpc) is 1.93. The van der Waals surface area contributed by atoms with Crippen LogP contribution in [0.2, 0.25) is 0 Å². The molecular formula is C6H6O2PZn+. The summed E-state index contributed by atoms with van der Waals surface area (Å²) < 4.78 is 8.46. The zero-order valence-electron chi connectivity index (χ0n) is 5.40. The van der Waals surface area contributed by atoms with Gasteiger partial charge in [0.15, 0.2) is 0 Å². The standard InChI is InChI=1S/C6H5.HO2P.Zn/c1-2-4-6-5-3-1;1-3-2;/h1-5H;(H,1,2);/q-1;;+2. The zero-order valence-corrected chi connectivity index (χ0v) is 9.26. The van der Waals surface area contributed by atoms with Crippen molar-refractivity contribution in [2.45, 2.75) is 0 Å². The molecule has 0 aliphatic rings. The molecule has 1 rings (SSSR count). The Morgan fingerprint density at radius 1 is 1.20 bits per heavy atom. The van der Waals surface area contributed by atoms with Crippen molar-refractivity contribution in [1.82, 2.24) is 0 Å². The molecule has 0 atom stereocenters. The van der Waals surface area contributed by atoms with Crippen molar-refractivity contribution in [3.8, 4) is 0 Å². The maximum atomic E-state index is 8.46. The van der Waals surface area contributed by atoms with Gasteiger partial charge in [0.05, 0.1) is 0 Å². The van der Waals surface area contributed by atoms with E-state index in [0.29, 0.717) is 0 Å². The van der Waals surface area contributed by atoms with Crippen molar-refractivity contribution < 1.29 is 28.9 Å². The smallest absolute Gasteiger partial charge is 0.310 e. The summed E-state index contributed by atoms with van der Waals surface area (Å²) in [5, 5.41) is 0. The Bertz CT molecular complexity index is 119. The van der Waals surface area contributed by atoms with Crippen LogP contribution in [-0.4, -0.2) is 4.89 Å². The average molecular weight is 206 g/mol. The zero-order chi connectivity index (χ0) is 6.95. The minimum atomic E-state index is -0.833. The third kappa shape index (κ3) is 10.8. The first kappa shape index (κ1) is 12.6. The predicted octanol–water partition coefficient (Wildman–Crippen LogP) is 1.67. The van der Waals surface area contributed by atoms with Crippen LogP contribution in [0.15, 0.2) is 30.3 Å². The molecule has 0 aliphatic heterocycles. The van der Waals surface area contributed by atoms with Crippen LogP contribution in [0.5, 0.6) is 0 Å². The van der Waals surface area contributed by atoms with Gasteiger partial charge in [-0.3, -0.25) is 0 Å². The monoisotopic (exact) mass is 205 g/mol. The SMILES string of the molecule is O=PO.[Zn+2].[c-]1ccccc1. The minimum Gasteiger partial charge on any atom is -0.310 e. The van der Waals surface area contributed by atoms with Gasteiger partial charge in [0.2, 0.25) is 0 Å². The molecule has 0 bridgehead atoms. The van der Waals surface area contributed by atoms with Gasteiger partial charge in [-0.2, -0.15) is 36.4 Å². The molecule has 0 spiro atoms. The van der Waals surface area contributed by atoms with E-state index in [4.69, 9.17) is 9.46 Å². The molecule has 4 heteroatoms. The largest absolute Gasteiger partial charge is 2.00 e. The quantitative estimate of drug-likeness (QED) is 0.398. The Labute approximate surface area is 74.3 Å². The fourth-order valence-corrected chi connectivity index (χ4v) is 0.342. The third-order valence-corrected chi connectivity index (χ3v) is 0.607. The van der Waals surface area contributed by atoms with Crippen LogP contribution in [0.25, 0.3) is 0 Å². The molecule has 48 valence electrons. The Balaban J connectivity index is 0. The Morgan fingerprint density at radius 3 is 1.70 bits per heavy atom. The Hall–Kier alpha value is -0.0966. The second-order valence-electron chi connectivity index (χ2n) is 1.16. The number of benzene rings is 1. The van der Waals surface area contributed by atoms with Crippen LogP contribution < -0.4 is 0 Å². The van der Waals surface area contributed by atoms with Crippen LogP contribution >= 0.6 is 8.69 Å². The molecule has 10 heavy (non-hydrogen) atoms. The fourth-order valence-electron chi connectivity index (χ4n) is 0.342. The van der Waals surface area contributed by atoms with Crippen LogP contribution in [0.4, 0.5) is 0 Å². The van der Waals surface area contributed by atoms with E-state index in [9.17, 15) is 0 Å². The number of hydrogen-bond acceptors (Lipinski definition) is 1. The van der Waals surface area contributed by atoms with E-state index < -0.39 is 8.69 Å². The van der Waals surface area contributed by atoms with Crippen LogP contribution in [0.1, 0.15) is 0 Å². The first-order valence-corrected chi connectivity index (χ1v) is 3.06. The molecule has 0 aromatic heterocycles. The molecular weight excluding hydrogens is 200 g/mol. The van der Waals surface area contributed by atoms with E-state index in [1.807, 2.05) is 30.3 Å². The van der Waals surface area contributed by atoms with Crippen molar-refractivity contribution in [2.24, 2.45) is 0 Å². The Kier molecular flexibility index (Phi) is 14.7. The van der Waals surface area contributed by atoms with Crippen molar-refractivity contribution >= 4 is 8.69 Å². The molecule has 0 unspecified atom stereocenters. The van der Waals surface area contributed by atoms with Crippen LogP contribution in [-0.2, 0) is 24.0 Å². The van der Waals surface area contributed by atoms with Crippen molar-refractivity contribution in [3.63, 3.8) is 0 Å². The molecule has 0 heterocycles. The van der Waals surface area contributed by atoms with Gasteiger partial charge in [0, 0.05) is 0 Å². The first-order valence-electron chi connectivity index (χ1n) is 2.29. The van der Waals surface area contributed by atoms with Gasteiger partial charge in [-0.15, -0.1) is 0 Å². The topological polar surface area (TPSA) is 37.3 Å². The van der Waals surface area contributed by atoms with E-state index in [1.165, 1.54) is 0 Å². The number of hydrogen-bond donors (Lipinski definition) is 1. The second-order valence-corrected chi connectivity index (χ2v) is 1.32. The van der Waals surface area contributed by atoms with E-state index in [1.54, 1.807) is 0 Å². The summed E-state index contributed by atoms with van der Waals surface area (Å²) in [5.41, 5.74) is 0. The van der Waals surface area contributed by atoms with Gasteiger partial charge in [-0.05, 0) is 0 Å². The molecule has 1 aromatic carbocycles. The summed E-state index contributed by atoms with van der Waals surface area (Å²) in [7, 11) is -0.833. The van der Waals surface area contributed by atoms with Crippen LogP contribution in [0, 0.1) is 6.07 Å². The maximum Gasteiger partial charge on any atom is 2.00 e. The molecule has 2 nitrogen and oxygen atoms in total. The summed E-state index contributed by atoms with van der Waals surface area (Å²) in [5.74, 6) is 0. The van der Waals surface area contributed by atoms with Gasteiger partial charge >= 0.3 is 28.2 Å². The third-order valence-electron chi connectivity index (χ3n) is 0.607. The normalized spacial score (nSPS) is 6.90. The van der Waals surface area contributed by atoms with Gasteiger partial charge in [-0.1, -0.05) is 0 Å². The number of rotatable bonds is 0. The van der Waals surface area contributed by atoms with E-state index in [-0.39, 0.29) is 19.5 Å².